The van der Waals surface area contributed by atoms with Gasteiger partial charge in [0.15, 0.2) is 11.6 Å². The number of hydrogen-bond donors (Lipinski definition) is 1. The lowest BCUT2D eigenvalue weighted by atomic mass is 10.0. The van der Waals surface area contributed by atoms with Crippen LogP contribution in [-0.4, -0.2) is 6.04 Å². The molecule has 0 bridgehead atoms. The molecule has 2 atom stereocenters. The number of halogens is 3. The Labute approximate surface area is 115 Å². The summed E-state index contributed by atoms with van der Waals surface area (Å²) < 4.78 is 45.1. The monoisotopic (exact) mass is 281 g/mol. The van der Waals surface area contributed by atoms with Gasteiger partial charge in [-0.2, -0.15) is 4.39 Å². The predicted molar refractivity (Wildman–Crippen MR) is 69.8 cm³/mol. The third-order valence-corrected chi connectivity index (χ3v) is 2.85. The Kier molecular flexibility index (Phi) is 4.29. The minimum atomic E-state index is -1.07. The van der Waals surface area contributed by atoms with Crippen LogP contribution in [0.3, 0.4) is 0 Å². The lowest BCUT2D eigenvalue weighted by molar-refractivity contribution is 0.170. The first-order chi connectivity index (χ1) is 9.49. The normalized spacial score (nSPS) is 13.8. The van der Waals surface area contributed by atoms with Gasteiger partial charge in [-0.05, 0) is 36.8 Å². The van der Waals surface area contributed by atoms with Gasteiger partial charge in [-0.3, -0.25) is 0 Å². The van der Waals surface area contributed by atoms with Gasteiger partial charge in [0.2, 0.25) is 5.82 Å². The summed E-state index contributed by atoms with van der Waals surface area (Å²) in [6.45, 7) is 1.67. The summed E-state index contributed by atoms with van der Waals surface area (Å²) in [6, 6.07) is 8.70. The first-order valence-electron chi connectivity index (χ1n) is 6.10. The highest BCUT2D eigenvalue weighted by Gasteiger charge is 2.21. The van der Waals surface area contributed by atoms with Crippen molar-refractivity contribution >= 4 is 0 Å². The molecule has 0 spiro atoms. The Bertz CT molecular complexity index is 584. The summed E-state index contributed by atoms with van der Waals surface area (Å²) in [4.78, 5) is 0. The Morgan fingerprint density at radius 1 is 1.00 bits per heavy atom. The Hall–Kier alpha value is -2.01. The zero-order chi connectivity index (χ0) is 14.7. The molecular formula is C15H14F3NO. The zero-order valence-corrected chi connectivity index (χ0v) is 10.8. The van der Waals surface area contributed by atoms with Gasteiger partial charge in [0.05, 0.1) is 0 Å². The highest BCUT2D eigenvalue weighted by molar-refractivity contribution is 5.28. The van der Waals surface area contributed by atoms with Gasteiger partial charge in [-0.15, -0.1) is 0 Å². The van der Waals surface area contributed by atoms with Gasteiger partial charge in [-0.25, -0.2) is 8.78 Å². The smallest absolute Gasteiger partial charge is 0.200 e. The van der Waals surface area contributed by atoms with Crippen LogP contribution in [0.2, 0.25) is 0 Å². The van der Waals surface area contributed by atoms with Crippen LogP contribution < -0.4 is 10.5 Å². The Morgan fingerprint density at radius 3 is 2.25 bits per heavy atom. The number of ether oxygens (including phenoxy) is 1. The van der Waals surface area contributed by atoms with Crippen LogP contribution in [0.25, 0.3) is 0 Å². The summed E-state index contributed by atoms with van der Waals surface area (Å²) in [5, 5.41) is 0. The summed E-state index contributed by atoms with van der Waals surface area (Å²) in [5.74, 6) is -2.68. The number of rotatable bonds is 4. The van der Waals surface area contributed by atoms with Crippen molar-refractivity contribution < 1.29 is 17.9 Å². The largest absolute Gasteiger partial charge is 0.481 e. The molecule has 0 aromatic heterocycles. The van der Waals surface area contributed by atoms with Gasteiger partial charge in [-0.1, -0.05) is 18.2 Å². The van der Waals surface area contributed by atoms with Gasteiger partial charge in [0.25, 0.3) is 0 Å². The Balaban J connectivity index is 2.30. The fourth-order valence-electron chi connectivity index (χ4n) is 1.84. The van der Waals surface area contributed by atoms with Crippen molar-refractivity contribution in [1.29, 1.82) is 0 Å². The third-order valence-electron chi connectivity index (χ3n) is 2.85. The van der Waals surface area contributed by atoms with Gasteiger partial charge in [0.1, 0.15) is 11.9 Å². The van der Waals surface area contributed by atoms with Crippen LogP contribution in [0.15, 0.2) is 42.5 Å². The number of nitrogens with two attached hydrogens (primary N) is 1. The van der Waals surface area contributed by atoms with Crippen molar-refractivity contribution in [3.63, 3.8) is 0 Å². The van der Waals surface area contributed by atoms with E-state index in [0.29, 0.717) is 5.56 Å². The highest BCUT2D eigenvalue weighted by atomic mass is 19.2. The standard InChI is InChI=1S/C15H14F3NO/c1-9(19)15(10-5-7-11(16)8-6-10)20-13-4-2-3-12(17)14(13)18/h2-9,15H,19H2,1H3. The number of hydrogen-bond acceptors (Lipinski definition) is 2. The van der Waals surface area contributed by atoms with Crippen LogP contribution in [0.1, 0.15) is 18.6 Å². The van der Waals surface area contributed by atoms with Crippen molar-refractivity contribution in [3.05, 3.63) is 65.5 Å². The zero-order valence-electron chi connectivity index (χ0n) is 10.8. The van der Waals surface area contributed by atoms with E-state index in [1.165, 1.54) is 36.4 Å². The minimum absolute atomic E-state index is 0.225. The van der Waals surface area contributed by atoms with E-state index in [0.717, 1.165) is 6.07 Å². The molecule has 0 radical (unpaired) electrons. The third kappa shape index (κ3) is 3.11. The molecule has 0 amide bonds. The average Bonchev–Trinajstić information content (AvgIpc) is 2.41. The lowest BCUT2D eigenvalue weighted by Gasteiger charge is -2.23. The van der Waals surface area contributed by atoms with Gasteiger partial charge >= 0.3 is 0 Å². The molecular weight excluding hydrogens is 267 g/mol. The van der Waals surface area contributed by atoms with Crippen molar-refractivity contribution in [1.82, 2.24) is 0 Å². The first-order valence-corrected chi connectivity index (χ1v) is 6.10. The molecule has 2 aromatic carbocycles. The van der Waals surface area contributed by atoms with E-state index < -0.39 is 29.6 Å². The van der Waals surface area contributed by atoms with Crippen LogP contribution >= 0.6 is 0 Å². The van der Waals surface area contributed by atoms with Gasteiger partial charge < -0.3 is 10.5 Å². The molecule has 106 valence electrons. The van der Waals surface area contributed by atoms with Crippen molar-refractivity contribution in [3.8, 4) is 5.75 Å². The van der Waals surface area contributed by atoms with Crippen LogP contribution in [-0.2, 0) is 0 Å². The predicted octanol–water partition coefficient (Wildman–Crippen LogP) is 3.57. The molecule has 5 heteroatoms. The molecule has 0 fully saturated rings. The average molecular weight is 281 g/mol. The molecule has 0 heterocycles. The highest BCUT2D eigenvalue weighted by Crippen LogP contribution is 2.27. The maximum absolute atomic E-state index is 13.6. The minimum Gasteiger partial charge on any atom is -0.481 e. The van der Waals surface area contributed by atoms with Crippen molar-refractivity contribution in [2.45, 2.75) is 19.1 Å². The van der Waals surface area contributed by atoms with E-state index in [1.54, 1.807) is 6.92 Å². The van der Waals surface area contributed by atoms with Crippen LogP contribution in [0, 0.1) is 17.5 Å². The van der Waals surface area contributed by atoms with Crippen LogP contribution in [0.4, 0.5) is 13.2 Å². The van der Waals surface area contributed by atoms with Crippen LogP contribution in [0.5, 0.6) is 5.75 Å². The van der Waals surface area contributed by atoms with E-state index in [9.17, 15) is 13.2 Å². The van der Waals surface area contributed by atoms with E-state index in [4.69, 9.17) is 10.5 Å². The molecule has 0 aliphatic carbocycles. The van der Waals surface area contributed by atoms with Crippen molar-refractivity contribution in [2.24, 2.45) is 5.73 Å². The SMILES string of the molecule is CC(N)C(Oc1cccc(F)c1F)c1ccc(F)cc1. The maximum atomic E-state index is 13.6. The lowest BCUT2D eigenvalue weighted by Crippen LogP contribution is -2.29. The molecule has 2 nitrogen and oxygen atoms in total. The van der Waals surface area contributed by atoms with Crippen molar-refractivity contribution in [2.75, 3.05) is 0 Å². The van der Waals surface area contributed by atoms with E-state index in [-0.39, 0.29) is 5.75 Å². The summed E-state index contributed by atoms with van der Waals surface area (Å²) >= 11 is 0. The van der Waals surface area contributed by atoms with Gasteiger partial charge in [0, 0.05) is 6.04 Å². The second-order valence-electron chi connectivity index (χ2n) is 4.50. The fourth-order valence-corrected chi connectivity index (χ4v) is 1.84. The molecule has 2 aromatic rings. The molecule has 0 saturated heterocycles. The van der Waals surface area contributed by atoms with E-state index in [2.05, 4.69) is 0 Å². The molecule has 2 unspecified atom stereocenters. The molecule has 20 heavy (non-hydrogen) atoms. The fraction of sp³-hybridized carbons (Fsp3) is 0.200. The second-order valence-corrected chi connectivity index (χ2v) is 4.50. The topological polar surface area (TPSA) is 35.2 Å². The molecule has 2 rings (SSSR count). The summed E-state index contributed by atoms with van der Waals surface area (Å²) in [7, 11) is 0. The molecule has 0 saturated carbocycles. The van der Waals surface area contributed by atoms with E-state index in [1.807, 2.05) is 0 Å². The van der Waals surface area contributed by atoms with E-state index >= 15 is 0 Å². The second kappa shape index (κ2) is 5.96. The molecule has 0 aliphatic rings. The summed E-state index contributed by atoms with van der Waals surface area (Å²) in [6.07, 6.45) is -0.702. The first kappa shape index (κ1) is 14.4. The molecule has 0 aliphatic heterocycles. The number of benzene rings is 2. The maximum Gasteiger partial charge on any atom is 0.200 e. The Morgan fingerprint density at radius 2 is 1.65 bits per heavy atom. The quantitative estimate of drug-likeness (QED) is 0.929. The molecule has 2 N–H and O–H groups in total. The summed E-state index contributed by atoms with van der Waals surface area (Å²) in [5.41, 5.74) is 6.40.